The van der Waals surface area contributed by atoms with E-state index in [9.17, 15) is 13.2 Å². The SMILES string of the molecule is CN(C)[C@@H]1CCN(Cc2ccc3c(c2)c2ncnc(Cl)c2n3CC(F)(F)F)C1. The van der Waals surface area contributed by atoms with Crippen molar-refractivity contribution in [3.05, 3.63) is 35.2 Å². The van der Waals surface area contributed by atoms with E-state index in [0.717, 1.165) is 36.2 Å². The van der Waals surface area contributed by atoms with Crippen LogP contribution in [0.1, 0.15) is 12.0 Å². The molecule has 150 valence electrons. The van der Waals surface area contributed by atoms with Crippen LogP contribution in [0.3, 0.4) is 0 Å². The van der Waals surface area contributed by atoms with E-state index in [-0.39, 0.29) is 10.7 Å². The maximum Gasteiger partial charge on any atom is 0.406 e. The summed E-state index contributed by atoms with van der Waals surface area (Å²) in [6, 6.07) is 6.08. The molecule has 0 aliphatic carbocycles. The van der Waals surface area contributed by atoms with Gasteiger partial charge in [-0.05, 0) is 38.2 Å². The van der Waals surface area contributed by atoms with Crippen molar-refractivity contribution in [2.75, 3.05) is 27.2 Å². The van der Waals surface area contributed by atoms with Crippen LogP contribution in [-0.4, -0.2) is 63.7 Å². The van der Waals surface area contributed by atoms with Gasteiger partial charge in [-0.3, -0.25) is 4.90 Å². The minimum Gasteiger partial charge on any atom is -0.327 e. The van der Waals surface area contributed by atoms with Gasteiger partial charge in [0.05, 0.1) is 5.52 Å². The van der Waals surface area contributed by atoms with Crippen LogP contribution < -0.4 is 0 Å². The quantitative estimate of drug-likeness (QED) is 0.609. The number of hydrogen-bond donors (Lipinski definition) is 0. The predicted molar refractivity (Wildman–Crippen MR) is 103 cm³/mol. The first-order valence-electron chi connectivity index (χ1n) is 9.10. The number of likely N-dealkylation sites (tertiary alicyclic amines) is 1. The van der Waals surface area contributed by atoms with Crippen LogP contribution >= 0.6 is 11.6 Å². The molecule has 0 N–H and O–H groups in total. The van der Waals surface area contributed by atoms with Crippen molar-refractivity contribution >= 4 is 33.5 Å². The van der Waals surface area contributed by atoms with E-state index >= 15 is 0 Å². The Morgan fingerprint density at radius 1 is 1.25 bits per heavy atom. The van der Waals surface area contributed by atoms with Crippen LogP contribution in [-0.2, 0) is 13.1 Å². The third-order valence-corrected chi connectivity index (χ3v) is 5.65. The molecule has 3 aromatic rings. The molecule has 2 aromatic heterocycles. The van der Waals surface area contributed by atoms with Crippen molar-refractivity contribution in [2.45, 2.75) is 31.7 Å². The average Bonchev–Trinajstić information content (AvgIpc) is 3.18. The van der Waals surface area contributed by atoms with E-state index in [1.54, 1.807) is 6.07 Å². The molecule has 1 aromatic carbocycles. The maximum absolute atomic E-state index is 13.1. The Morgan fingerprint density at radius 2 is 2.04 bits per heavy atom. The number of halogens is 4. The highest BCUT2D eigenvalue weighted by Crippen LogP contribution is 2.34. The number of fused-ring (bicyclic) bond motifs is 3. The van der Waals surface area contributed by atoms with Crippen molar-refractivity contribution in [3.8, 4) is 0 Å². The fraction of sp³-hybridized carbons (Fsp3) is 0.474. The fourth-order valence-electron chi connectivity index (χ4n) is 4.00. The molecule has 1 aliphatic heterocycles. The maximum atomic E-state index is 13.1. The van der Waals surface area contributed by atoms with Crippen LogP contribution in [0.4, 0.5) is 13.2 Å². The highest BCUT2D eigenvalue weighted by Gasteiger charge is 2.31. The van der Waals surface area contributed by atoms with Crippen LogP contribution in [0.15, 0.2) is 24.5 Å². The highest BCUT2D eigenvalue weighted by atomic mass is 35.5. The molecular formula is C19H21ClF3N5. The Hall–Kier alpha value is -1.90. The lowest BCUT2D eigenvalue weighted by Gasteiger charge is -2.20. The minimum absolute atomic E-state index is 0.0281. The second-order valence-corrected chi connectivity index (χ2v) is 7.91. The van der Waals surface area contributed by atoms with E-state index in [1.165, 1.54) is 6.33 Å². The van der Waals surface area contributed by atoms with Crippen LogP contribution in [0.5, 0.6) is 0 Å². The fourth-order valence-corrected chi connectivity index (χ4v) is 4.23. The summed E-state index contributed by atoms with van der Waals surface area (Å²) in [6.07, 6.45) is -1.96. The third-order valence-electron chi connectivity index (χ3n) is 5.38. The van der Waals surface area contributed by atoms with Gasteiger partial charge in [-0.15, -0.1) is 0 Å². The molecule has 4 rings (SSSR count). The largest absolute Gasteiger partial charge is 0.406 e. The first-order valence-corrected chi connectivity index (χ1v) is 9.47. The summed E-state index contributed by atoms with van der Waals surface area (Å²) in [4.78, 5) is 12.7. The number of nitrogens with zero attached hydrogens (tertiary/aromatic N) is 5. The van der Waals surface area contributed by atoms with E-state index in [0.29, 0.717) is 22.5 Å². The zero-order valence-corrected chi connectivity index (χ0v) is 16.4. The molecule has 1 atom stereocenters. The summed E-state index contributed by atoms with van der Waals surface area (Å²) in [5.41, 5.74) is 2.19. The standard InChI is InChI=1S/C19H21ClF3N5/c1-26(2)13-5-6-27(9-13)8-12-3-4-15-14(7-12)16-17(18(20)25-11-24-16)28(15)10-19(21,22)23/h3-4,7,11,13H,5-6,8-10H2,1-2H3/t13-/m1/s1. The second kappa shape index (κ2) is 7.17. The summed E-state index contributed by atoms with van der Waals surface area (Å²) < 4.78 is 40.6. The first-order chi connectivity index (χ1) is 13.2. The van der Waals surface area contributed by atoms with Crippen LogP contribution in [0.2, 0.25) is 5.15 Å². The second-order valence-electron chi connectivity index (χ2n) is 7.56. The predicted octanol–water partition coefficient (Wildman–Crippen LogP) is 3.94. The van der Waals surface area contributed by atoms with Gasteiger partial charge in [-0.1, -0.05) is 17.7 Å². The Morgan fingerprint density at radius 3 is 2.71 bits per heavy atom. The van der Waals surface area contributed by atoms with Gasteiger partial charge < -0.3 is 9.47 Å². The van der Waals surface area contributed by atoms with Gasteiger partial charge in [0.2, 0.25) is 0 Å². The van der Waals surface area contributed by atoms with Crippen molar-refractivity contribution in [3.63, 3.8) is 0 Å². The van der Waals surface area contributed by atoms with Crippen LogP contribution in [0.25, 0.3) is 21.9 Å². The summed E-state index contributed by atoms with van der Waals surface area (Å²) >= 11 is 6.13. The molecule has 5 nitrogen and oxygen atoms in total. The number of hydrogen-bond acceptors (Lipinski definition) is 4. The Balaban J connectivity index is 1.74. The van der Waals surface area contributed by atoms with Crippen LogP contribution in [0, 0.1) is 0 Å². The molecule has 1 aliphatic rings. The van der Waals surface area contributed by atoms with Gasteiger partial charge >= 0.3 is 6.18 Å². The van der Waals surface area contributed by atoms with E-state index < -0.39 is 12.7 Å². The summed E-state index contributed by atoms with van der Waals surface area (Å²) in [5.74, 6) is 0. The van der Waals surface area contributed by atoms with E-state index in [2.05, 4.69) is 33.9 Å². The van der Waals surface area contributed by atoms with Crippen molar-refractivity contribution < 1.29 is 13.2 Å². The molecule has 1 fully saturated rings. The zero-order valence-electron chi connectivity index (χ0n) is 15.7. The Labute approximate surface area is 165 Å². The third kappa shape index (κ3) is 3.68. The molecule has 3 heterocycles. The molecule has 0 bridgehead atoms. The number of likely N-dealkylation sites (N-methyl/N-ethyl adjacent to an activating group) is 1. The van der Waals surface area contributed by atoms with Crippen molar-refractivity contribution in [2.24, 2.45) is 0 Å². The number of aromatic nitrogens is 3. The van der Waals surface area contributed by atoms with Crippen molar-refractivity contribution in [1.82, 2.24) is 24.3 Å². The lowest BCUT2D eigenvalue weighted by Crippen LogP contribution is -2.31. The smallest absolute Gasteiger partial charge is 0.327 e. The topological polar surface area (TPSA) is 37.2 Å². The summed E-state index contributed by atoms with van der Waals surface area (Å²) in [7, 11) is 4.17. The van der Waals surface area contributed by atoms with E-state index in [1.807, 2.05) is 12.1 Å². The zero-order chi connectivity index (χ0) is 20.1. The number of alkyl halides is 3. The number of benzene rings is 1. The lowest BCUT2D eigenvalue weighted by molar-refractivity contribution is -0.139. The number of rotatable bonds is 4. The average molecular weight is 412 g/mol. The Bertz CT molecular complexity index is 1010. The van der Waals surface area contributed by atoms with Gasteiger partial charge in [0.1, 0.15) is 23.9 Å². The summed E-state index contributed by atoms with van der Waals surface area (Å²) in [5, 5.41) is 0.699. The van der Waals surface area contributed by atoms with Gasteiger partial charge in [-0.2, -0.15) is 13.2 Å². The molecule has 0 unspecified atom stereocenters. The lowest BCUT2D eigenvalue weighted by atomic mass is 10.1. The molecule has 9 heteroatoms. The monoisotopic (exact) mass is 411 g/mol. The highest BCUT2D eigenvalue weighted by molar-refractivity contribution is 6.34. The van der Waals surface area contributed by atoms with Crippen molar-refractivity contribution in [1.29, 1.82) is 0 Å². The molecule has 0 saturated carbocycles. The van der Waals surface area contributed by atoms with Gasteiger partial charge in [-0.25, -0.2) is 9.97 Å². The van der Waals surface area contributed by atoms with Gasteiger partial charge in [0, 0.05) is 31.1 Å². The van der Waals surface area contributed by atoms with Gasteiger partial charge in [0.15, 0.2) is 5.15 Å². The Kier molecular flexibility index (Phi) is 4.97. The molecule has 0 spiro atoms. The normalized spacial score (nSPS) is 18.8. The summed E-state index contributed by atoms with van der Waals surface area (Å²) in [6.45, 7) is 1.61. The minimum atomic E-state index is -4.37. The molecule has 0 amide bonds. The molecule has 1 saturated heterocycles. The first kappa shape index (κ1) is 19.4. The van der Waals surface area contributed by atoms with Gasteiger partial charge in [0.25, 0.3) is 0 Å². The molecule has 0 radical (unpaired) electrons. The van der Waals surface area contributed by atoms with E-state index in [4.69, 9.17) is 11.6 Å². The molecule has 28 heavy (non-hydrogen) atoms. The molecular weight excluding hydrogens is 391 g/mol.